The Morgan fingerprint density at radius 3 is 2.67 bits per heavy atom. The number of halogens is 2. The second kappa shape index (κ2) is 6.67. The highest BCUT2D eigenvalue weighted by Gasteiger charge is 2.22. The molecule has 3 heteroatoms. The molecule has 1 nitrogen and oxygen atoms in total. The maximum atomic E-state index is 13.3. The van der Waals surface area contributed by atoms with Crippen molar-refractivity contribution < 1.29 is 4.39 Å². The molecule has 0 aliphatic rings. The quantitative estimate of drug-likeness (QED) is 0.812. The number of hydrogen-bond donors (Lipinski definition) is 1. The van der Waals surface area contributed by atoms with Crippen molar-refractivity contribution in [1.82, 2.24) is 5.32 Å². The molecule has 0 fully saturated rings. The Bertz CT molecular complexity index is 390. The molecule has 1 unspecified atom stereocenters. The second-order valence-electron chi connectivity index (χ2n) is 5.74. The third-order valence-electron chi connectivity index (χ3n) is 3.09. The van der Waals surface area contributed by atoms with E-state index in [-0.39, 0.29) is 11.2 Å². The van der Waals surface area contributed by atoms with Gasteiger partial charge in [0.2, 0.25) is 0 Å². The maximum Gasteiger partial charge on any atom is 0.123 e. The van der Waals surface area contributed by atoms with Crippen LogP contribution in [0.25, 0.3) is 0 Å². The molecule has 102 valence electrons. The maximum absolute atomic E-state index is 13.3. The van der Waals surface area contributed by atoms with E-state index in [0.717, 1.165) is 29.4 Å². The highest BCUT2D eigenvalue weighted by molar-refractivity contribution is 9.10. The predicted molar refractivity (Wildman–Crippen MR) is 79.3 cm³/mol. The summed E-state index contributed by atoms with van der Waals surface area (Å²) in [5.74, 6) is -0.163. The first kappa shape index (κ1) is 15.6. The Balaban J connectivity index is 2.72. The van der Waals surface area contributed by atoms with E-state index in [1.165, 1.54) is 6.07 Å². The van der Waals surface area contributed by atoms with E-state index in [1.807, 2.05) is 0 Å². The molecular formula is C15H23BrFN. The molecule has 0 bridgehead atoms. The van der Waals surface area contributed by atoms with E-state index in [4.69, 9.17) is 0 Å². The van der Waals surface area contributed by atoms with Crippen molar-refractivity contribution in [2.75, 3.05) is 6.54 Å². The Labute approximate surface area is 118 Å². The van der Waals surface area contributed by atoms with Gasteiger partial charge in [-0.3, -0.25) is 0 Å². The minimum Gasteiger partial charge on any atom is -0.315 e. The first-order valence-corrected chi connectivity index (χ1v) is 7.30. The van der Waals surface area contributed by atoms with Gasteiger partial charge in [0, 0.05) is 10.5 Å². The molecule has 18 heavy (non-hydrogen) atoms. The molecule has 0 aliphatic heterocycles. The van der Waals surface area contributed by atoms with Crippen molar-refractivity contribution in [3.05, 3.63) is 34.1 Å². The van der Waals surface area contributed by atoms with Gasteiger partial charge in [0.1, 0.15) is 5.82 Å². The van der Waals surface area contributed by atoms with Crippen LogP contribution in [0.2, 0.25) is 0 Å². The van der Waals surface area contributed by atoms with Crippen LogP contribution < -0.4 is 5.32 Å². The summed E-state index contributed by atoms with van der Waals surface area (Å²) in [4.78, 5) is 0. The van der Waals surface area contributed by atoms with Crippen LogP contribution in [0, 0.1) is 11.2 Å². The van der Waals surface area contributed by atoms with Gasteiger partial charge in [-0.2, -0.15) is 0 Å². The Kier molecular flexibility index (Phi) is 5.80. The van der Waals surface area contributed by atoms with Crippen LogP contribution in [0.3, 0.4) is 0 Å². The molecule has 0 amide bonds. The average Bonchev–Trinajstić information content (AvgIpc) is 2.22. The van der Waals surface area contributed by atoms with Gasteiger partial charge in [-0.25, -0.2) is 4.39 Å². The van der Waals surface area contributed by atoms with Crippen molar-refractivity contribution >= 4 is 15.9 Å². The minimum absolute atomic E-state index is 0.151. The topological polar surface area (TPSA) is 12.0 Å². The summed E-state index contributed by atoms with van der Waals surface area (Å²) in [6.07, 6.45) is 1.95. The van der Waals surface area contributed by atoms with Crippen LogP contribution in [0.1, 0.15) is 39.7 Å². The smallest absolute Gasteiger partial charge is 0.123 e. The second-order valence-corrected chi connectivity index (χ2v) is 6.59. The van der Waals surface area contributed by atoms with Gasteiger partial charge >= 0.3 is 0 Å². The van der Waals surface area contributed by atoms with Crippen molar-refractivity contribution in [3.63, 3.8) is 0 Å². The number of hydrogen-bond acceptors (Lipinski definition) is 1. The fourth-order valence-electron chi connectivity index (χ4n) is 2.52. The predicted octanol–water partition coefficient (Wildman–Crippen LogP) is 4.55. The average molecular weight is 316 g/mol. The van der Waals surface area contributed by atoms with Gasteiger partial charge in [0.15, 0.2) is 0 Å². The molecule has 1 N–H and O–H groups in total. The molecule has 1 aromatic rings. The lowest BCUT2D eigenvalue weighted by Crippen LogP contribution is -2.32. The lowest BCUT2D eigenvalue weighted by Gasteiger charge is -2.29. The van der Waals surface area contributed by atoms with E-state index >= 15 is 0 Å². The molecule has 0 saturated carbocycles. The van der Waals surface area contributed by atoms with Crippen molar-refractivity contribution in [2.45, 2.75) is 46.6 Å². The molecule has 0 radical (unpaired) electrons. The number of benzene rings is 1. The summed E-state index contributed by atoms with van der Waals surface area (Å²) in [5, 5.41) is 3.43. The van der Waals surface area contributed by atoms with Gasteiger partial charge in [-0.15, -0.1) is 0 Å². The van der Waals surface area contributed by atoms with E-state index in [9.17, 15) is 4.39 Å². The number of rotatable bonds is 6. The van der Waals surface area contributed by atoms with Crippen LogP contribution >= 0.6 is 15.9 Å². The first-order chi connectivity index (χ1) is 8.34. The summed E-state index contributed by atoms with van der Waals surface area (Å²) in [6.45, 7) is 9.77. The number of nitrogens with one attached hydrogen (secondary N) is 1. The summed E-state index contributed by atoms with van der Waals surface area (Å²) >= 11 is 3.50. The molecular weight excluding hydrogens is 293 g/mol. The minimum atomic E-state index is -0.163. The van der Waals surface area contributed by atoms with Crippen LogP contribution in [0.4, 0.5) is 4.39 Å². The third kappa shape index (κ3) is 5.07. The highest BCUT2D eigenvalue weighted by atomic mass is 79.9. The summed E-state index contributed by atoms with van der Waals surface area (Å²) in [7, 11) is 0. The van der Waals surface area contributed by atoms with E-state index in [2.05, 4.69) is 48.9 Å². The highest BCUT2D eigenvalue weighted by Crippen LogP contribution is 2.31. The van der Waals surface area contributed by atoms with E-state index < -0.39 is 0 Å². The Morgan fingerprint density at radius 1 is 1.39 bits per heavy atom. The van der Waals surface area contributed by atoms with Crippen LogP contribution in [-0.4, -0.2) is 12.6 Å². The summed E-state index contributed by atoms with van der Waals surface area (Å²) in [5.41, 5.74) is 1.20. The molecule has 0 heterocycles. The fourth-order valence-corrected chi connectivity index (χ4v) is 2.90. The molecule has 1 rings (SSSR count). The molecule has 1 atom stereocenters. The van der Waals surface area contributed by atoms with Crippen LogP contribution in [0.15, 0.2) is 22.7 Å². The first-order valence-electron chi connectivity index (χ1n) is 6.51. The summed E-state index contributed by atoms with van der Waals surface area (Å²) < 4.78 is 14.3. The molecule has 0 saturated heterocycles. The monoisotopic (exact) mass is 315 g/mol. The van der Waals surface area contributed by atoms with Crippen molar-refractivity contribution in [2.24, 2.45) is 5.41 Å². The van der Waals surface area contributed by atoms with Gasteiger partial charge in [0.25, 0.3) is 0 Å². The zero-order valence-electron chi connectivity index (χ0n) is 11.7. The fraction of sp³-hybridized carbons (Fsp3) is 0.600. The molecule has 0 aliphatic carbocycles. The molecule has 0 spiro atoms. The zero-order chi connectivity index (χ0) is 13.8. The normalized spacial score (nSPS) is 13.7. The standard InChI is InChI=1S/C15H23BrFN/c1-5-18-11(2)9-15(3,4)10-12-8-13(17)6-7-14(12)16/h6-8,11,18H,5,9-10H2,1-4H3. The molecule has 0 aromatic heterocycles. The summed E-state index contributed by atoms with van der Waals surface area (Å²) in [6, 6.07) is 5.39. The Hall–Kier alpha value is -0.410. The largest absolute Gasteiger partial charge is 0.315 e. The van der Waals surface area contributed by atoms with Crippen molar-refractivity contribution in [3.8, 4) is 0 Å². The Morgan fingerprint density at radius 2 is 2.06 bits per heavy atom. The lowest BCUT2D eigenvalue weighted by molar-refractivity contribution is 0.288. The van der Waals surface area contributed by atoms with Crippen LogP contribution in [-0.2, 0) is 6.42 Å². The lowest BCUT2D eigenvalue weighted by atomic mass is 9.80. The van der Waals surface area contributed by atoms with E-state index in [1.54, 1.807) is 12.1 Å². The van der Waals surface area contributed by atoms with Crippen molar-refractivity contribution in [1.29, 1.82) is 0 Å². The molecule has 1 aromatic carbocycles. The zero-order valence-corrected chi connectivity index (χ0v) is 13.3. The van der Waals surface area contributed by atoms with Crippen LogP contribution in [0.5, 0.6) is 0 Å². The van der Waals surface area contributed by atoms with Gasteiger partial charge in [-0.1, -0.05) is 36.7 Å². The van der Waals surface area contributed by atoms with Gasteiger partial charge in [0.05, 0.1) is 0 Å². The SMILES string of the molecule is CCNC(C)CC(C)(C)Cc1cc(F)ccc1Br. The van der Waals surface area contributed by atoms with Gasteiger partial charge in [-0.05, 0) is 55.5 Å². The third-order valence-corrected chi connectivity index (χ3v) is 3.86. The van der Waals surface area contributed by atoms with E-state index in [0.29, 0.717) is 6.04 Å². The van der Waals surface area contributed by atoms with Gasteiger partial charge < -0.3 is 5.32 Å².